The molecule has 0 spiro atoms. The Balaban J connectivity index is 2.40. The third kappa shape index (κ3) is 4.82. The summed E-state index contributed by atoms with van der Waals surface area (Å²) in [5.41, 5.74) is 5.62. The van der Waals surface area contributed by atoms with Gasteiger partial charge in [-0.05, 0) is 52.4 Å². The second-order valence-electron chi connectivity index (χ2n) is 5.60. The number of likely N-dealkylation sites (tertiary alicyclic amines) is 1. The van der Waals surface area contributed by atoms with E-state index in [1.165, 1.54) is 19.4 Å². The fraction of sp³-hybridized carbons (Fsp3) is 0.923. The number of hydrogen-bond donors (Lipinski definition) is 2. The fourth-order valence-corrected chi connectivity index (χ4v) is 2.83. The highest BCUT2D eigenvalue weighted by Gasteiger charge is 2.24. The Morgan fingerprint density at radius 3 is 2.50 bits per heavy atom. The molecule has 18 heavy (non-hydrogen) atoms. The van der Waals surface area contributed by atoms with Crippen LogP contribution in [-0.4, -0.2) is 60.6 Å². The molecule has 106 valence electrons. The van der Waals surface area contributed by atoms with Gasteiger partial charge in [0.05, 0.1) is 0 Å². The van der Waals surface area contributed by atoms with Gasteiger partial charge in [0.15, 0.2) is 0 Å². The molecule has 1 atom stereocenters. The van der Waals surface area contributed by atoms with Crippen LogP contribution in [0.25, 0.3) is 0 Å². The van der Waals surface area contributed by atoms with E-state index in [-0.39, 0.29) is 0 Å². The second-order valence-corrected chi connectivity index (χ2v) is 5.60. The lowest BCUT2D eigenvalue weighted by Crippen LogP contribution is -2.44. The first-order chi connectivity index (χ1) is 8.56. The molecule has 1 unspecified atom stereocenters. The first-order valence-electron chi connectivity index (χ1n) is 6.92. The molecule has 5 heteroatoms. The number of amidine groups is 1. The van der Waals surface area contributed by atoms with E-state index in [0.29, 0.717) is 18.3 Å². The molecule has 1 fully saturated rings. The Bertz CT molecular complexity index is 260. The minimum Gasteiger partial charge on any atom is -0.409 e. The molecule has 0 aromatic rings. The summed E-state index contributed by atoms with van der Waals surface area (Å²) in [6, 6.07) is 0.418. The van der Waals surface area contributed by atoms with Crippen molar-refractivity contribution in [2.45, 2.75) is 38.6 Å². The maximum atomic E-state index is 8.66. The van der Waals surface area contributed by atoms with Crippen LogP contribution in [0.4, 0.5) is 0 Å². The predicted octanol–water partition coefficient (Wildman–Crippen LogP) is 1.18. The largest absolute Gasteiger partial charge is 0.409 e. The van der Waals surface area contributed by atoms with E-state index < -0.39 is 0 Å². The van der Waals surface area contributed by atoms with Crippen LogP contribution in [0.5, 0.6) is 0 Å². The molecule has 1 heterocycles. The predicted molar refractivity (Wildman–Crippen MR) is 75.0 cm³/mol. The van der Waals surface area contributed by atoms with Crippen molar-refractivity contribution in [2.75, 3.05) is 33.7 Å². The van der Waals surface area contributed by atoms with Gasteiger partial charge in [0.2, 0.25) is 0 Å². The summed E-state index contributed by atoms with van der Waals surface area (Å²) in [6.45, 7) is 5.62. The van der Waals surface area contributed by atoms with Crippen LogP contribution in [0.3, 0.4) is 0 Å². The van der Waals surface area contributed by atoms with Crippen molar-refractivity contribution >= 4 is 5.84 Å². The van der Waals surface area contributed by atoms with Gasteiger partial charge in [0.25, 0.3) is 0 Å². The zero-order valence-electron chi connectivity index (χ0n) is 12.0. The van der Waals surface area contributed by atoms with Crippen LogP contribution in [0.15, 0.2) is 5.16 Å². The molecule has 0 aliphatic carbocycles. The van der Waals surface area contributed by atoms with Gasteiger partial charge < -0.3 is 15.8 Å². The van der Waals surface area contributed by atoms with Gasteiger partial charge in [-0.3, -0.25) is 4.90 Å². The van der Waals surface area contributed by atoms with Gasteiger partial charge in [0.1, 0.15) is 5.84 Å². The molecule has 1 rings (SSSR count). The average molecular weight is 256 g/mol. The number of hydrogen-bond acceptors (Lipinski definition) is 4. The minimum absolute atomic E-state index is 0.345. The van der Waals surface area contributed by atoms with E-state index >= 15 is 0 Å². The molecule has 0 saturated carbocycles. The molecular weight excluding hydrogens is 228 g/mol. The summed E-state index contributed by atoms with van der Waals surface area (Å²) >= 11 is 0. The second kappa shape index (κ2) is 7.59. The van der Waals surface area contributed by atoms with Crippen molar-refractivity contribution in [1.82, 2.24) is 9.80 Å². The van der Waals surface area contributed by atoms with Crippen LogP contribution in [0, 0.1) is 5.92 Å². The number of nitrogens with zero attached hydrogens (tertiary/aromatic N) is 3. The summed E-state index contributed by atoms with van der Waals surface area (Å²) in [4.78, 5) is 4.76. The van der Waals surface area contributed by atoms with E-state index in [1.807, 2.05) is 0 Å². The van der Waals surface area contributed by atoms with E-state index in [1.54, 1.807) is 0 Å². The topological polar surface area (TPSA) is 65.1 Å². The maximum absolute atomic E-state index is 8.66. The monoisotopic (exact) mass is 256 g/mol. The van der Waals surface area contributed by atoms with E-state index in [2.05, 4.69) is 36.0 Å². The van der Waals surface area contributed by atoms with Gasteiger partial charge in [-0.25, -0.2) is 0 Å². The molecule has 0 amide bonds. The Morgan fingerprint density at radius 2 is 2.06 bits per heavy atom. The lowest BCUT2D eigenvalue weighted by molar-refractivity contribution is 0.119. The molecule has 0 bridgehead atoms. The van der Waals surface area contributed by atoms with E-state index in [4.69, 9.17) is 10.9 Å². The first kappa shape index (κ1) is 15.2. The molecule has 5 nitrogen and oxygen atoms in total. The highest BCUT2D eigenvalue weighted by atomic mass is 16.4. The normalized spacial score (nSPS) is 21.4. The number of nitrogens with two attached hydrogens (primary N) is 1. The van der Waals surface area contributed by atoms with Crippen molar-refractivity contribution in [3.63, 3.8) is 0 Å². The van der Waals surface area contributed by atoms with E-state index in [0.717, 1.165) is 25.4 Å². The van der Waals surface area contributed by atoms with Crippen molar-refractivity contribution in [1.29, 1.82) is 0 Å². The van der Waals surface area contributed by atoms with Crippen LogP contribution >= 0.6 is 0 Å². The Kier molecular flexibility index (Phi) is 6.43. The lowest BCUT2D eigenvalue weighted by atomic mass is 9.94. The summed E-state index contributed by atoms with van der Waals surface area (Å²) in [5, 5.41) is 11.7. The summed E-state index contributed by atoms with van der Waals surface area (Å²) in [7, 11) is 4.28. The number of piperidine rings is 1. The van der Waals surface area contributed by atoms with Gasteiger partial charge in [0, 0.05) is 19.0 Å². The summed E-state index contributed by atoms with van der Waals surface area (Å²) < 4.78 is 0. The first-order valence-corrected chi connectivity index (χ1v) is 6.92. The Morgan fingerprint density at radius 1 is 1.44 bits per heavy atom. The zero-order chi connectivity index (χ0) is 13.5. The standard InChI is InChI=1S/C13H28N4O/c1-4-12(9-13(14)15-18)17-7-5-11(6-8-17)10-16(2)3/h11-12,18H,4-10H2,1-3H3,(H2,14,15). The molecule has 1 saturated heterocycles. The van der Waals surface area contributed by atoms with Gasteiger partial charge in [-0.1, -0.05) is 12.1 Å². The highest BCUT2D eigenvalue weighted by Crippen LogP contribution is 2.21. The van der Waals surface area contributed by atoms with Gasteiger partial charge in [-0.2, -0.15) is 0 Å². The summed E-state index contributed by atoms with van der Waals surface area (Å²) in [6.07, 6.45) is 4.23. The van der Waals surface area contributed by atoms with E-state index in [9.17, 15) is 0 Å². The molecule has 3 N–H and O–H groups in total. The number of oxime groups is 1. The quantitative estimate of drug-likeness (QED) is 0.324. The van der Waals surface area contributed by atoms with Crippen molar-refractivity contribution < 1.29 is 5.21 Å². The van der Waals surface area contributed by atoms with Crippen LogP contribution in [0.1, 0.15) is 32.6 Å². The van der Waals surface area contributed by atoms with Gasteiger partial charge in [-0.15, -0.1) is 0 Å². The fourth-order valence-electron chi connectivity index (χ4n) is 2.83. The average Bonchev–Trinajstić information content (AvgIpc) is 2.36. The van der Waals surface area contributed by atoms with Crippen LogP contribution < -0.4 is 5.73 Å². The molecule has 0 aromatic heterocycles. The third-order valence-electron chi connectivity index (χ3n) is 3.83. The molecule has 0 aromatic carbocycles. The van der Waals surface area contributed by atoms with Crippen LogP contribution in [-0.2, 0) is 0 Å². The zero-order valence-corrected chi connectivity index (χ0v) is 12.0. The maximum Gasteiger partial charge on any atom is 0.140 e. The van der Waals surface area contributed by atoms with Crippen molar-refractivity contribution in [3.8, 4) is 0 Å². The Hall–Kier alpha value is -0.810. The lowest BCUT2D eigenvalue weighted by Gasteiger charge is -2.37. The molecule has 1 aliphatic heterocycles. The molecule has 0 radical (unpaired) electrons. The Labute approximate surface area is 111 Å². The highest BCUT2D eigenvalue weighted by molar-refractivity contribution is 5.80. The SMILES string of the molecule is CCC(C/C(N)=N/O)N1CCC(CN(C)C)CC1. The molecule has 1 aliphatic rings. The van der Waals surface area contributed by atoms with Crippen molar-refractivity contribution in [2.24, 2.45) is 16.8 Å². The summed E-state index contributed by atoms with van der Waals surface area (Å²) in [5.74, 6) is 1.16. The van der Waals surface area contributed by atoms with Gasteiger partial charge >= 0.3 is 0 Å². The van der Waals surface area contributed by atoms with Crippen LogP contribution in [0.2, 0.25) is 0 Å². The smallest absolute Gasteiger partial charge is 0.140 e. The molecular formula is C13H28N4O. The third-order valence-corrected chi connectivity index (χ3v) is 3.83. The number of rotatable bonds is 6. The van der Waals surface area contributed by atoms with Crippen molar-refractivity contribution in [3.05, 3.63) is 0 Å². The minimum atomic E-state index is 0.345.